The fourth-order valence-electron chi connectivity index (χ4n) is 0.962. The van der Waals surface area contributed by atoms with E-state index in [4.69, 9.17) is 9.94 Å². The van der Waals surface area contributed by atoms with Crippen LogP contribution in [-0.4, -0.2) is 41.0 Å². The van der Waals surface area contributed by atoms with Crippen molar-refractivity contribution in [2.75, 3.05) is 13.2 Å². The fourth-order valence-corrected chi connectivity index (χ4v) is 0.962. The number of hydrogen-bond acceptors (Lipinski definition) is 4. The van der Waals surface area contributed by atoms with Gasteiger partial charge in [0.1, 0.15) is 0 Å². The number of Topliss-reactive ketones (excluding diaryl/α,β-unsaturated/α-hetero) is 1. The topological polar surface area (TPSA) is 83.9 Å². The van der Waals surface area contributed by atoms with Crippen LogP contribution in [0.2, 0.25) is 0 Å². The molecule has 1 rings (SSSR count). The van der Waals surface area contributed by atoms with Crippen molar-refractivity contribution in [2.45, 2.75) is 12.8 Å². The highest BCUT2D eigenvalue weighted by molar-refractivity contribution is 6.60. The van der Waals surface area contributed by atoms with Crippen LogP contribution in [0, 0.1) is 0 Å². The van der Waals surface area contributed by atoms with Gasteiger partial charge in [-0.2, -0.15) is 0 Å². The summed E-state index contributed by atoms with van der Waals surface area (Å²) in [6.07, 6.45) is 1.53. The van der Waals surface area contributed by atoms with Gasteiger partial charge in [-0.05, 0) is 12.8 Å². The lowest BCUT2D eigenvalue weighted by molar-refractivity contribution is -0.198. The number of carbonyl (C=O) groups is 3. The molecule has 0 radical (unpaired) electrons. The van der Waals surface area contributed by atoms with Gasteiger partial charge in [-0.25, -0.2) is 9.86 Å². The molecule has 0 spiro atoms. The molecule has 1 amide bonds. The molecule has 1 N–H and O–H groups in total. The molecule has 6 heteroatoms. The second-order valence-electron chi connectivity index (χ2n) is 2.58. The number of hydrogen-bond donors (Lipinski definition) is 1. The lowest BCUT2D eigenvalue weighted by Gasteiger charge is -2.24. The lowest BCUT2D eigenvalue weighted by Crippen LogP contribution is -2.42. The van der Waals surface area contributed by atoms with Crippen LogP contribution in [0.15, 0.2) is 0 Å². The number of carbonyl (C=O) groups excluding carboxylic acids is 2. The van der Waals surface area contributed by atoms with Crippen LogP contribution < -0.4 is 0 Å². The molecule has 0 unspecified atom stereocenters. The van der Waals surface area contributed by atoms with E-state index >= 15 is 0 Å². The van der Waals surface area contributed by atoms with Crippen LogP contribution in [-0.2, 0) is 19.2 Å². The Kier molecular flexibility index (Phi) is 2.97. The Morgan fingerprint density at radius 2 is 1.92 bits per heavy atom. The molecule has 0 atom stereocenters. The van der Waals surface area contributed by atoms with Gasteiger partial charge in [0.25, 0.3) is 0 Å². The van der Waals surface area contributed by atoms with E-state index in [2.05, 4.69) is 0 Å². The van der Waals surface area contributed by atoms with Gasteiger partial charge >= 0.3 is 17.7 Å². The Hall–Kier alpha value is -1.43. The van der Waals surface area contributed by atoms with Gasteiger partial charge < -0.3 is 5.11 Å². The van der Waals surface area contributed by atoms with Crippen molar-refractivity contribution in [3.8, 4) is 0 Å². The van der Waals surface area contributed by atoms with Gasteiger partial charge in [0, 0.05) is 6.54 Å². The Bertz CT molecular complexity index is 243. The summed E-state index contributed by atoms with van der Waals surface area (Å²) in [4.78, 5) is 36.6. The first-order valence-electron chi connectivity index (χ1n) is 3.85. The zero-order valence-corrected chi connectivity index (χ0v) is 6.86. The van der Waals surface area contributed by atoms with E-state index in [9.17, 15) is 14.4 Å². The minimum absolute atomic E-state index is 0.276. The van der Waals surface area contributed by atoms with Gasteiger partial charge in [0.2, 0.25) is 0 Å². The van der Waals surface area contributed by atoms with Gasteiger partial charge in [0.05, 0.1) is 6.61 Å². The second kappa shape index (κ2) is 3.99. The maximum absolute atomic E-state index is 11.0. The smallest absolute Gasteiger partial charge is 0.382 e. The maximum Gasteiger partial charge on any atom is 0.382 e. The van der Waals surface area contributed by atoms with Crippen LogP contribution in [0.4, 0.5) is 0 Å². The van der Waals surface area contributed by atoms with Crippen molar-refractivity contribution in [1.82, 2.24) is 5.06 Å². The van der Waals surface area contributed by atoms with E-state index in [0.717, 1.165) is 17.9 Å². The Balaban J connectivity index is 2.55. The van der Waals surface area contributed by atoms with Crippen molar-refractivity contribution in [3.05, 3.63) is 0 Å². The summed E-state index contributed by atoms with van der Waals surface area (Å²) >= 11 is 0. The molecule has 1 saturated heterocycles. The average Bonchev–Trinajstić information content (AvgIpc) is 2.17. The molecule has 6 nitrogen and oxygen atoms in total. The van der Waals surface area contributed by atoms with Crippen molar-refractivity contribution in [3.63, 3.8) is 0 Å². The SMILES string of the molecule is O=C(O)C(=O)C(=O)N1CCCCO1. The predicted molar refractivity (Wildman–Crippen MR) is 39.5 cm³/mol. The van der Waals surface area contributed by atoms with Crippen LogP contribution in [0.1, 0.15) is 12.8 Å². The number of rotatable bonds is 2. The molecule has 72 valence electrons. The van der Waals surface area contributed by atoms with Gasteiger partial charge in [-0.3, -0.25) is 14.4 Å². The molecule has 0 bridgehead atoms. The van der Waals surface area contributed by atoms with Gasteiger partial charge in [-0.1, -0.05) is 0 Å². The van der Waals surface area contributed by atoms with Crippen LogP contribution in [0.25, 0.3) is 0 Å². The minimum Gasteiger partial charge on any atom is -0.475 e. The first kappa shape index (κ1) is 9.66. The number of carboxylic acid groups (broad SMARTS) is 1. The van der Waals surface area contributed by atoms with Crippen LogP contribution >= 0.6 is 0 Å². The quantitative estimate of drug-likeness (QED) is 0.451. The monoisotopic (exact) mass is 187 g/mol. The summed E-state index contributed by atoms with van der Waals surface area (Å²) in [5.41, 5.74) is 0. The zero-order valence-electron chi connectivity index (χ0n) is 6.86. The maximum atomic E-state index is 11.0. The number of carboxylic acids is 1. The molecule has 1 heterocycles. The molecular formula is C7H9NO5. The Labute approximate surface area is 74.0 Å². The van der Waals surface area contributed by atoms with Crippen LogP contribution in [0.5, 0.6) is 0 Å². The first-order chi connectivity index (χ1) is 6.13. The van der Waals surface area contributed by atoms with Gasteiger partial charge in [0.15, 0.2) is 0 Å². The molecule has 13 heavy (non-hydrogen) atoms. The molecule has 0 aromatic heterocycles. The van der Waals surface area contributed by atoms with Crippen LogP contribution in [0.3, 0.4) is 0 Å². The molecule has 0 aliphatic carbocycles. The number of aliphatic carboxylic acids is 1. The Morgan fingerprint density at radius 3 is 2.38 bits per heavy atom. The van der Waals surface area contributed by atoms with E-state index < -0.39 is 17.7 Å². The highest BCUT2D eigenvalue weighted by atomic mass is 16.7. The minimum atomic E-state index is -1.75. The molecule has 0 saturated carbocycles. The predicted octanol–water partition coefficient (Wildman–Crippen LogP) is -0.806. The summed E-state index contributed by atoms with van der Waals surface area (Å²) in [5, 5.41) is 9.04. The van der Waals surface area contributed by atoms with E-state index in [0.29, 0.717) is 6.61 Å². The summed E-state index contributed by atoms with van der Waals surface area (Å²) in [5.74, 6) is -4.31. The molecule has 1 aliphatic rings. The normalized spacial score (nSPS) is 16.8. The molecule has 0 aromatic rings. The molecular weight excluding hydrogens is 178 g/mol. The third-order valence-corrected chi connectivity index (χ3v) is 1.62. The number of hydroxylamine groups is 2. The summed E-state index contributed by atoms with van der Waals surface area (Å²) in [6.45, 7) is 0.622. The summed E-state index contributed by atoms with van der Waals surface area (Å²) in [7, 11) is 0. The Morgan fingerprint density at radius 1 is 1.23 bits per heavy atom. The van der Waals surface area contributed by atoms with Crippen molar-refractivity contribution in [1.29, 1.82) is 0 Å². The number of ketones is 1. The van der Waals surface area contributed by atoms with E-state index in [-0.39, 0.29) is 6.54 Å². The van der Waals surface area contributed by atoms with Crippen molar-refractivity contribution < 1.29 is 24.3 Å². The third-order valence-electron chi connectivity index (χ3n) is 1.62. The highest BCUT2D eigenvalue weighted by Gasteiger charge is 2.29. The molecule has 1 aliphatic heterocycles. The number of nitrogens with zero attached hydrogens (tertiary/aromatic N) is 1. The highest BCUT2D eigenvalue weighted by Crippen LogP contribution is 2.06. The lowest BCUT2D eigenvalue weighted by atomic mass is 10.3. The van der Waals surface area contributed by atoms with Gasteiger partial charge in [-0.15, -0.1) is 0 Å². The molecule has 1 fully saturated rings. The number of amides is 1. The van der Waals surface area contributed by atoms with E-state index in [1.165, 1.54) is 0 Å². The fraction of sp³-hybridized carbons (Fsp3) is 0.571. The van der Waals surface area contributed by atoms with E-state index in [1.54, 1.807) is 0 Å². The largest absolute Gasteiger partial charge is 0.475 e. The zero-order chi connectivity index (χ0) is 9.84. The summed E-state index contributed by atoms with van der Waals surface area (Å²) < 4.78 is 0. The standard InChI is InChI=1S/C7H9NO5/c9-5(7(11)12)6(10)8-3-1-2-4-13-8/h1-4H2,(H,11,12). The van der Waals surface area contributed by atoms with E-state index in [1.807, 2.05) is 0 Å². The first-order valence-corrected chi connectivity index (χ1v) is 3.85. The molecule has 0 aromatic carbocycles. The van der Waals surface area contributed by atoms with Crippen molar-refractivity contribution in [2.24, 2.45) is 0 Å². The average molecular weight is 187 g/mol. The second-order valence-corrected chi connectivity index (χ2v) is 2.58. The third kappa shape index (κ3) is 2.25. The summed E-state index contributed by atoms with van der Waals surface area (Å²) in [6, 6.07) is 0. The van der Waals surface area contributed by atoms with Crippen molar-refractivity contribution >= 4 is 17.7 Å².